The number of unbranched alkanes of at least 4 members (excludes halogenated alkanes) is 26. The number of aliphatic hydroxyl groups excluding tert-OH is 1. The van der Waals surface area contributed by atoms with Gasteiger partial charge in [0.1, 0.15) is 13.2 Å². The Bertz CT molecular complexity index is 1030. The monoisotopic (exact) mass is 825 g/mol. The molecule has 2 N–H and O–H groups in total. The summed E-state index contributed by atoms with van der Waals surface area (Å²) >= 11 is 0. The van der Waals surface area contributed by atoms with Crippen LogP contribution in [0, 0.1) is 0 Å². The number of amides is 1. The van der Waals surface area contributed by atoms with E-state index in [9.17, 15) is 19.4 Å². The molecule has 57 heavy (non-hydrogen) atoms. The lowest BCUT2D eigenvalue weighted by atomic mass is 10.0. The lowest BCUT2D eigenvalue weighted by molar-refractivity contribution is -0.870. The van der Waals surface area contributed by atoms with Gasteiger partial charge in [-0.1, -0.05) is 192 Å². The van der Waals surface area contributed by atoms with E-state index in [-0.39, 0.29) is 19.1 Å². The average molecular weight is 825 g/mol. The molecule has 0 saturated heterocycles. The average Bonchev–Trinajstić information content (AvgIpc) is 3.16. The topological polar surface area (TPSA) is 108 Å². The van der Waals surface area contributed by atoms with Gasteiger partial charge in [0.2, 0.25) is 5.91 Å². The molecule has 0 bridgehead atoms. The van der Waals surface area contributed by atoms with Crippen LogP contribution in [-0.2, 0) is 18.4 Å². The zero-order valence-corrected chi connectivity index (χ0v) is 38.9. The number of carbonyl (C=O) groups is 1. The number of aliphatic hydroxyl groups is 1. The second-order valence-electron chi connectivity index (χ2n) is 17.5. The van der Waals surface area contributed by atoms with Crippen LogP contribution in [0.1, 0.15) is 213 Å². The van der Waals surface area contributed by atoms with E-state index >= 15 is 0 Å². The number of allylic oxidation sites excluding steroid dienone is 5. The van der Waals surface area contributed by atoms with Crippen molar-refractivity contribution in [3.05, 3.63) is 36.5 Å². The Morgan fingerprint density at radius 1 is 0.614 bits per heavy atom. The van der Waals surface area contributed by atoms with Gasteiger partial charge in [-0.15, -0.1) is 0 Å². The Morgan fingerprint density at radius 2 is 1.02 bits per heavy atom. The standard InChI is InChI=1S/C48H93N2O6P/c1-6-8-10-12-14-16-18-20-22-24-26-27-29-31-33-35-37-39-41-47(51)46(45-56-57(53,54)55-44-43-50(3,4)5)49-48(52)42-40-38-36-34-32-30-28-25-23-21-19-17-15-13-11-9-7-2/h15,17,21,23,39,41,46-47,51H,6-14,16,18-20,22,24-38,40,42-45H2,1-5H3,(H-,49,52,53,54)/b17-15-,23-21-,41-39+. The van der Waals surface area contributed by atoms with Gasteiger partial charge in [0, 0.05) is 6.42 Å². The van der Waals surface area contributed by atoms with E-state index in [2.05, 4.69) is 43.5 Å². The minimum absolute atomic E-state index is 0.00274. The number of likely N-dealkylation sites (N-methyl/N-ethyl adjacent to an activating group) is 1. The minimum Gasteiger partial charge on any atom is -0.756 e. The normalized spacial score (nSPS) is 14.6. The van der Waals surface area contributed by atoms with Gasteiger partial charge in [-0.05, 0) is 51.4 Å². The van der Waals surface area contributed by atoms with Gasteiger partial charge in [0.15, 0.2) is 0 Å². The molecule has 0 aromatic rings. The van der Waals surface area contributed by atoms with E-state index in [1.54, 1.807) is 6.08 Å². The summed E-state index contributed by atoms with van der Waals surface area (Å²) in [7, 11) is 1.26. The van der Waals surface area contributed by atoms with Crippen LogP contribution in [0.3, 0.4) is 0 Å². The van der Waals surface area contributed by atoms with Crippen molar-refractivity contribution >= 4 is 13.7 Å². The second-order valence-corrected chi connectivity index (χ2v) is 18.9. The molecule has 0 spiro atoms. The van der Waals surface area contributed by atoms with Crippen molar-refractivity contribution in [3.8, 4) is 0 Å². The molecule has 0 aliphatic rings. The summed E-state index contributed by atoms with van der Waals surface area (Å²) in [6.45, 7) is 4.62. The van der Waals surface area contributed by atoms with Crippen molar-refractivity contribution in [1.82, 2.24) is 5.32 Å². The second kappa shape index (κ2) is 40.1. The van der Waals surface area contributed by atoms with Crippen molar-refractivity contribution in [1.29, 1.82) is 0 Å². The van der Waals surface area contributed by atoms with E-state index in [4.69, 9.17) is 9.05 Å². The first-order valence-electron chi connectivity index (χ1n) is 23.9. The molecule has 0 heterocycles. The molecule has 3 unspecified atom stereocenters. The maximum atomic E-state index is 12.9. The van der Waals surface area contributed by atoms with Gasteiger partial charge in [-0.2, -0.15) is 0 Å². The molecule has 0 fully saturated rings. The Balaban J connectivity index is 4.39. The van der Waals surface area contributed by atoms with Crippen molar-refractivity contribution in [2.75, 3.05) is 40.9 Å². The number of hydrogen-bond donors (Lipinski definition) is 2. The summed E-state index contributed by atoms with van der Waals surface area (Å²) in [4.78, 5) is 25.3. The van der Waals surface area contributed by atoms with Gasteiger partial charge >= 0.3 is 0 Å². The number of carbonyl (C=O) groups excluding carboxylic acids is 1. The first kappa shape index (κ1) is 55.7. The van der Waals surface area contributed by atoms with Crippen LogP contribution in [0.25, 0.3) is 0 Å². The molecule has 0 aliphatic heterocycles. The van der Waals surface area contributed by atoms with Crippen LogP contribution in [0.2, 0.25) is 0 Å². The quantitative estimate of drug-likeness (QED) is 0.0274. The molecule has 0 aromatic carbocycles. The molecular formula is C48H93N2O6P. The summed E-state index contributed by atoms with van der Waals surface area (Å²) in [5, 5.41) is 13.8. The van der Waals surface area contributed by atoms with E-state index in [0.29, 0.717) is 17.4 Å². The number of phosphoric ester groups is 1. The van der Waals surface area contributed by atoms with Gasteiger partial charge in [-0.25, -0.2) is 0 Å². The van der Waals surface area contributed by atoms with Crippen molar-refractivity contribution < 1.29 is 32.9 Å². The van der Waals surface area contributed by atoms with Gasteiger partial charge < -0.3 is 28.8 Å². The molecule has 8 nitrogen and oxygen atoms in total. The highest BCUT2D eigenvalue weighted by molar-refractivity contribution is 7.45. The molecule has 0 aromatic heterocycles. The Kier molecular flexibility index (Phi) is 39.2. The van der Waals surface area contributed by atoms with E-state index in [1.807, 2.05) is 27.2 Å². The molecule has 0 radical (unpaired) electrons. The number of nitrogens with one attached hydrogen (secondary N) is 1. The lowest BCUT2D eigenvalue weighted by Crippen LogP contribution is -2.45. The fourth-order valence-corrected chi connectivity index (χ4v) is 7.49. The maximum absolute atomic E-state index is 12.9. The zero-order valence-electron chi connectivity index (χ0n) is 38.0. The van der Waals surface area contributed by atoms with Crippen LogP contribution in [0.4, 0.5) is 0 Å². The number of quaternary nitrogens is 1. The van der Waals surface area contributed by atoms with Crippen LogP contribution in [0.5, 0.6) is 0 Å². The largest absolute Gasteiger partial charge is 0.756 e. The Labute approximate surface area is 353 Å². The predicted octanol–water partition coefficient (Wildman–Crippen LogP) is 12.8. The number of hydrogen-bond acceptors (Lipinski definition) is 6. The number of phosphoric acid groups is 1. The van der Waals surface area contributed by atoms with Crippen LogP contribution >= 0.6 is 7.82 Å². The molecule has 9 heteroatoms. The first-order chi connectivity index (χ1) is 27.5. The van der Waals surface area contributed by atoms with Crippen LogP contribution in [-0.4, -0.2) is 68.5 Å². The zero-order chi connectivity index (χ0) is 42.1. The number of nitrogens with zero attached hydrogens (tertiary/aromatic N) is 1. The highest BCUT2D eigenvalue weighted by Gasteiger charge is 2.23. The summed E-state index contributed by atoms with van der Waals surface area (Å²) in [5.74, 6) is -0.205. The van der Waals surface area contributed by atoms with Crippen LogP contribution < -0.4 is 10.2 Å². The molecule has 3 atom stereocenters. The third-order valence-corrected chi connectivity index (χ3v) is 11.6. The molecule has 336 valence electrons. The molecular weight excluding hydrogens is 732 g/mol. The van der Waals surface area contributed by atoms with Gasteiger partial charge in [0.05, 0.1) is 39.9 Å². The summed E-state index contributed by atoms with van der Waals surface area (Å²) < 4.78 is 23.2. The van der Waals surface area contributed by atoms with Gasteiger partial charge in [-0.3, -0.25) is 9.36 Å². The third-order valence-electron chi connectivity index (χ3n) is 10.6. The summed E-state index contributed by atoms with van der Waals surface area (Å²) in [5.41, 5.74) is 0. The third kappa shape index (κ3) is 42.6. The first-order valence-corrected chi connectivity index (χ1v) is 25.3. The molecule has 0 rings (SSSR count). The maximum Gasteiger partial charge on any atom is 0.268 e. The summed E-state index contributed by atoms with van der Waals surface area (Å²) in [6.07, 6.45) is 49.0. The smallest absolute Gasteiger partial charge is 0.268 e. The van der Waals surface area contributed by atoms with E-state index in [0.717, 1.165) is 57.8 Å². The fourth-order valence-electron chi connectivity index (χ4n) is 6.77. The van der Waals surface area contributed by atoms with Crippen molar-refractivity contribution in [2.45, 2.75) is 225 Å². The lowest BCUT2D eigenvalue weighted by Gasteiger charge is -2.29. The highest BCUT2D eigenvalue weighted by Crippen LogP contribution is 2.38. The van der Waals surface area contributed by atoms with Crippen molar-refractivity contribution in [3.63, 3.8) is 0 Å². The van der Waals surface area contributed by atoms with E-state index in [1.165, 1.54) is 135 Å². The predicted molar refractivity (Wildman–Crippen MR) is 242 cm³/mol. The van der Waals surface area contributed by atoms with E-state index < -0.39 is 20.0 Å². The molecule has 0 saturated carbocycles. The number of rotatable bonds is 43. The van der Waals surface area contributed by atoms with Gasteiger partial charge in [0.25, 0.3) is 7.82 Å². The minimum atomic E-state index is -4.59. The molecule has 1 amide bonds. The SMILES string of the molecule is CCCCC/C=C\C/C=C\CCCCCCCCCC(=O)NC(COP(=O)([O-])OCC[N+](C)(C)C)C(O)/C=C/CCCCCCCCCCCCCCCCCC. The van der Waals surface area contributed by atoms with Crippen molar-refractivity contribution in [2.24, 2.45) is 0 Å². The Hall–Kier alpha value is -1.28. The summed E-state index contributed by atoms with van der Waals surface area (Å²) in [6, 6.07) is -0.889. The Morgan fingerprint density at radius 3 is 1.49 bits per heavy atom. The highest BCUT2D eigenvalue weighted by atomic mass is 31.2. The molecule has 0 aliphatic carbocycles. The fraction of sp³-hybridized carbons (Fsp3) is 0.854. The van der Waals surface area contributed by atoms with Crippen LogP contribution in [0.15, 0.2) is 36.5 Å².